The van der Waals surface area contributed by atoms with E-state index in [1.54, 1.807) is 0 Å². The van der Waals surface area contributed by atoms with E-state index in [1.807, 2.05) is 18.7 Å². The molecule has 4 nitrogen and oxygen atoms in total. The molecule has 5 heteroatoms. The van der Waals surface area contributed by atoms with Crippen molar-refractivity contribution in [1.29, 1.82) is 0 Å². The Hall–Kier alpha value is -1.10. The quantitative estimate of drug-likeness (QED) is 0.868. The molecule has 0 atom stereocenters. The molecule has 0 saturated heterocycles. The first kappa shape index (κ1) is 14.3. The Bertz CT molecular complexity index is 622. The molecular formula is C14H24N4S. The van der Waals surface area contributed by atoms with Crippen molar-refractivity contribution >= 4 is 23.4 Å². The molecule has 2 heterocycles. The number of aromatic amines is 1. The van der Waals surface area contributed by atoms with Crippen molar-refractivity contribution in [2.24, 2.45) is 24.8 Å². The van der Waals surface area contributed by atoms with Gasteiger partial charge >= 0.3 is 0 Å². The van der Waals surface area contributed by atoms with Crippen molar-refractivity contribution in [2.75, 3.05) is 0 Å². The van der Waals surface area contributed by atoms with Crippen molar-refractivity contribution in [3.8, 4) is 0 Å². The van der Waals surface area contributed by atoms with Crippen molar-refractivity contribution in [1.82, 2.24) is 19.3 Å². The number of aryl methyl sites for hydroxylation is 2. The van der Waals surface area contributed by atoms with Crippen LogP contribution in [0.5, 0.6) is 0 Å². The van der Waals surface area contributed by atoms with E-state index in [0.717, 1.165) is 28.2 Å². The number of imidazole rings is 1. The zero-order chi connectivity index (χ0) is 14.3. The topological polar surface area (TPSA) is 38.5 Å². The predicted molar refractivity (Wildman–Crippen MR) is 81.8 cm³/mol. The van der Waals surface area contributed by atoms with Gasteiger partial charge in [-0.1, -0.05) is 27.7 Å². The Kier molecular flexibility index (Phi) is 3.85. The van der Waals surface area contributed by atoms with Gasteiger partial charge in [0.25, 0.3) is 0 Å². The Balaban J connectivity index is 2.50. The Morgan fingerprint density at radius 2 is 1.79 bits per heavy atom. The second kappa shape index (κ2) is 5.12. The van der Waals surface area contributed by atoms with E-state index in [4.69, 9.17) is 12.2 Å². The summed E-state index contributed by atoms with van der Waals surface area (Å²) in [5.74, 6) is 1.89. The van der Waals surface area contributed by atoms with Gasteiger partial charge < -0.3 is 9.55 Å². The minimum atomic E-state index is 0.612. The molecule has 106 valence electrons. The second-order valence-corrected chi connectivity index (χ2v) is 6.49. The van der Waals surface area contributed by atoms with Crippen LogP contribution in [0.25, 0.3) is 11.2 Å². The van der Waals surface area contributed by atoms with Crippen LogP contribution in [0.4, 0.5) is 0 Å². The summed E-state index contributed by atoms with van der Waals surface area (Å²) in [6.45, 7) is 12.1. The van der Waals surface area contributed by atoms with Crippen LogP contribution in [0.15, 0.2) is 0 Å². The molecule has 0 amide bonds. The van der Waals surface area contributed by atoms with Gasteiger partial charge in [-0.05, 0) is 36.9 Å². The minimum absolute atomic E-state index is 0.612. The van der Waals surface area contributed by atoms with Gasteiger partial charge in [0.1, 0.15) is 5.52 Å². The average Bonchev–Trinajstić information content (AvgIpc) is 2.74. The molecule has 2 aromatic rings. The number of aromatic nitrogens is 4. The van der Waals surface area contributed by atoms with E-state index in [9.17, 15) is 0 Å². The van der Waals surface area contributed by atoms with Gasteiger partial charge in [-0.15, -0.1) is 0 Å². The number of hydrogen-bond donors (Lipinski definition) is 1. The lowest BCUT2D eigenvalue weighted by atomic mass is 9.85. The molecule has 19 heavy (non-hydrogen) atoms. The maximum atomic E-state index is 5.48. The molecule has 0 radical (unpaired) electrons. The molecule has 0 saturated carbocycles. The van der Waals surface area contributed by atoms with E-state index in [0.29, 0.717) is 17.8 Å². The summed E-state index contributed by atoms with van der Waals surface area (Å²) in [6.07, 6.45) is 0. The zero-order valence-corrected chi connectivity index (χ0v) is 13.5. The molecule has 2 aromatic heterocycles. The van der Waals surface area contributed by atoms with Crippen LogP contribution in [0.3, 0.4) is 0 Å². The number of nitrogens with one attached hydrogen (secondary N) is 1. The fraction of sp³-hybridized carbons (Fsp3) is 0.714. The second-order valence-electron chi connectivity index (χ2n) is 6.10. The van der Waals surface area contributed by atoms with E-state index in [2.05, 4.69) is 42.3 Å². The number of fused-ring (bicyclic) bond motifs is 1. The van der Waals surface area contributed by atoms with Gasteiger partial charge in [0.05, 0.1) is 5.69 Å². The van der Waals surface area contributed by atoms with E-state index in [1.165, 1.54) is 0 Å². The first-order valence-corrected chi connectivity index (χ1v) is 7.35. The highest BCUT2D eigenvalue weighted by molar-refractivity contribution is 7.71. The highest BCUT2D eigenvalue weighted by Gasteiger charge is 2.21. The molecular weight excluding hydrogens is 256 g/mol. The Morgan fingerprint density at radius 3 is 2.32 bits per heavy atom. The largest absolute Gasteiger partial charge is 0.328 e. The summed E-state index contributed by atoms with van der Waals surface area (Å²) in [5.41, 5.74) is 3.18. The van der Waals surface area contributed by atoms with Gasteiger partial charge in [-0.25, -0.2) is 0 Å². The third kappa shape index (κ3) is 2.48. The summed E-state index contributed by atoms with van der Waals surface area (Å²) in [7, 11) is 1.98. The molecule has 1 N–H and O–H groups in total. The molecule has 0 aromatic carbocycles. The average molecular weight is 280 g/mol. The van der Waals surface area contributed by atoms with Crippen molar-refractivity contribution < 1.29 is 0 Å². The highest BCUT2D eigenvalue weighted by atomic mass is 32.1. The molecule has 0 aliphatic rings. The van der Waals surface area contributed by atoms with Crippen molar-refractivity contribution in [2.45, 2.75) is 41.2 Å². The predicted octanol–water partition coefficient (Wildman–Crippen LogP) is 3.67. The van der Waals surface area contributed by atoms with E-state index < -0.39 is 0 Å². The molecule has 0 fully saturated rings. The maximum absolute atomic E-state index is 5.48. The van der Waals surface area contributed by atoms with Crippen LogP contribution in [0.1, 0.15) is 33.4 Å². The van der Waals surface area contributed by atoms with Crippen LogP contribution in [-0.4, -0.2) is 19.3 Å². The van der Waals surface area contributed by atoms with Crippen molar-refractivity contribution in [3.05, 3.63) is 10.5 Å². The smallest absolute Gasteiger partial charge is 0.179 e. The normalized spacial score (nSPS) is 12.5. The third-order valence-electron chi connectivity index (χ3n) is 4.03. The summed E-state index contributed by atoms with van der Waals surface area (Å²) < 4.78 is 4.93. The summed E-state index contributed by atoms with van der Waals surface area (Å²) >= 11 is 5.48. The number of rotatable bonds is 4. The Labute approximate surface area is 119 Å². The number of H-pyrrole nitrogens is 1. The lowest BCUT2D eigenvalue weighted by Gasteiger charge is -2.25. The molecule has 0 aliphatic heterocycles. The van der Waals surface area contributed by atoms with Gasteiger partial charge in [0, 0.05) is 13.6 Å². The van der Waals surface area contributed by atoms with Crippen LogP contribution in [-0.2, 0) is 13.6 Å². The fourth-order valence-corrected chi connectivity index (χ4v) is 3.21. The highest BCUT2D eigenvalue weighted by Crippen LogP contribution is 2.25. The standard InChI is InChI=1S/C14H24N4S/c1-8(2)11(9(3)4)7-18-13-12(15-14(18)19)10(5)16-17(13)6/h8-9,11H,7H2,1-6H3,(H,15,19). The monoisotopic (exact) mass is 280 g/mol. The molecule has 0 unspecified atom stereocenters. The first-order valence-electron chi connectivity index (χ1n) is 6.95. The minimum Gasteiger partial charge on any atom is -0.328 e. The SMILES string of the molecule is Cc1nn(C)c2c1[nH]c(=S)n2CC(C(C)C)C(C)C. The number of nitrogens with zero attached hydrogens (tertiary/aromatic N) is 3. The lowest BCUT2D eigenvalue weighted by molar-refractivity contribution is 0.252. The lowest BCUT2D eigenvalue weighted by Crippen LogP contribution is -2.22. The van der Waals surface area contributed by atoms with Crippen LogP contribution in [0, 0.1) is 29.4 Å². The Morgan fingerprint density at radius 1 is 1.21 bits per heavy atom. The molecule has 2 rings (SSSR count). The molecule has 0 spiro atoms. The summed E-state index contributed by atoms with van der Waals surface area (Å²) in [5, 5.41) is 4.47. The van der Waals surface area contributed by atoms with Crippen LogP contribution >= 0.6 is 12.2 Å². The van der Waals surface area contributed by atoms with Gasteiger partial charge in [0.15, 0.2) is 10.4 Å². The maximum Gasteiger partial charge on any atom is 0.179 e. The first-order chi connectivity index (χ1) is 8.82. The summed E-state index contributed by atoms with van der Waals surface area (Å²) in [6, 6.07) is 0. The van der Waals surface area contributed by atoms with Crippen molar-refractivity contribution in [3.63, 3.8) is 0 Å². The van der Waals surface area contributed by atoms with Gasteiger partial charge in [-0.3, -0.25) is 4.68 Å². The van der Waals surface area contributed by atoms with Gasteiger partial charge in [-0.2, -0.15) is 5.10 Å². The van der Waals surface area contributed by atoms with Crippen LogP contribution < -0.4 is 0 Å². The molecule has 0 aliphatic carbocycles. The zero-order valence-electron chi connectivity index (χ0n) is 12.7. The van der Waals surface area contributed by atoms with Gasteiger partial charge in [0.2, 0.25) is 0 Å². The number of hydrogen-bond acceptors (Lipinski definition) is 2. The molecule has 0 bridgehead atoms. The van der Waals surface area contributed by atoms with Crippen LogP contribution in [0.2, 0.25) is 0 Å². The fourth-order valence-electron chi connectivity index (χ4n) is 2.94. The third-order valence-corrected chi connectivity index (χ3v) is 4.35. The van der Waals surface area contributed by atoms with E-state index >= 15 is 0 Å². The summed E-state index contributed by atoms with van der Waals surface area (Å²) in [4.78, 5) is 3.29. The van der Waals surface area contributed by atoms with E-state index in [-0.39, 0.29) is 0 Å².